The molecule has 0 heterocycles. The molecule has 250 valence electrons. The largest absolute Gasteiger partial charge is 0.414 e. The first-order valence-corrected chi connectivity index (χ1v) is 24.5. The van der Waals surface area contributed by atoms with Gasteiger partial charge in [0.2, 0.25) is 0 Å². The molecule has 2 nitrogen and oxygen atoms in total. The van der Waals surface area contributed by atoms with Crippen molar-refractivity contribution in [3.8, 4) is 0 Å². The third-order valence-corrected chi connectivity index (χ3v) is 24.3. The van der Waals surface area contributed by atoms with Crippen molar-refractivity contribution in [2.24, 2.45) is 46.3 Å². The molecule has 0 bridgehead atoms. The van der Waals surface area contributed by atoms with Gasteiger partial charge in [-0.25, -0.2) is 0 Å². The van der Waals surface area contributed by atoms with Crippen molar-refractivity contribution >= 4 is 16.6 Å². The van der Waals surface area contributed by atoms with Crippen molar-refractivity contribution in [2.45, 2.75) is 189 Å². The lowest BCUT2D eigenvalue weighted by molar-refractivity contribution is -0.0606. The van der Waals surface area contributed by atoms with Crippen molar-refractivity contribution in [3.05, 3.63) is 11.6 Å². The van der Waals surface area contributed by atoms with E-state index in [0.29, 0.717) is 23.0 Å². The molecule has 0 spiro atoms. The van der Waals surface area contributed by atoms with Gasteiger partial charge in [0.1, 0.15) is 0 Å². The fourth-order valence-electron chi connectivity index (χ4n) is 11.6. The molecule has 0 aromatic carbocycles. The highest BCUT2D eigenvalue weighted by atomic mass is 28.4. The van der Waals surface area contributed by atoms with E-state index in [2.05, 4.69) is 82.2 Å². The topological polar surface area (TPSA) is 18.5 Å². The van der Waals surface area contributed by atoms with Crippen molar-refractivity contribution in [1.82, 2.24) is 0 Å². The Labute approximate surface area is 271 Å². The summed E-state index contributed by atoms with van der Waals surface area (Å²) in [5.41, 5.74) is 2.62. The number of allylic oxidation sites excluding steroid dienone is 1. The second-order valence-corrected chi connectivity index (χ2v) is 26.4. The highest BCUT2D eigenvalue weighted by Gasteiger charge is 2.62. The van der Waals surface area contributed by atoms with Gasteiger partial charge in [0.05, 0.1) is 0 Å². The van der Waals surface area contributed by atoms with E-state index in [1.165, 1.54) is 100 Å². The molecule has 0 aliphatic heterocycles. The van der Waals surface area contributed by atoms with Gasteiger partial charge >= 0.3 is 0 Å². The van der Waals surface area contributed by atoms with E-state index < -0.39 is 16.6 Å². The summed E-state index contributed by atoms with van der Waals surface area (Å²) in [7, 11) is -3.22. The summed E-state index contributed by atoms with van der Waals surface area (Å²) in [5, 5.41) is 0. The Morgan fingerprint density at radius 2 is 1.40 bits per heavy atom. The molecule has 9 atom stereocenters. The molecular formula is C39H74O2Si2. The number of fused-ring (bicyclic) bond motifs is 5. The van der Waals surface area contributed by atoms with Crippen molar-refractivity contribution < 1.29 is 8.85 Å². The molecule has 4 heteroatoms. The molecule has 0 saturated heterocycles. The number of hydrogen-bond acceptors (Lipinski definition) is 2. The Kier molecular flexibility index (Phi) is 12.1. The van der Waals surface area contributed by atoms with Crippen LogP contribution < -0.4 is 0 Å². The van der Waals surface area contributed by atoms with Crippen LogP contribution in [0.5, 0.6) is 0 Å². The molecular weight excluding hydrogens is 557 g/mol. The molecule has 0 amide bonds. The summed E-state index contributed by atoms with van der Waals surface area (Å²) >= 11 is 0. The van der Waals surface area contributed by atoms with Crippen molar-refractivity contribution in [1.29, 1.82) is 0 Å². The van der Waals surface area contributed by atoms with Crippen LogP contribution in [-0.4, -0.2) is 28.8 Å². The summed E-state index contributed by atoms with van der Waals surface area (Å²) in [4.78, 5) is 0. The molecule has 4 aliphatic rings. The Hall–Kier alpha value is 0.0938. The summed E-state index contributed by atoms with van der Waals surface area (Å²) in [5.74, 6) is 4.86. The van der Waals surface area contributed by atoms with E-state index in [-0.39, 0.29) is 0 Å². The third kappa shape index (κ3) is 6.89. The first-order valence-electron chi connectivity index (χ1n) is 19.4. The van der Waals surface area contributed by atoms with E-state index in [4.69, 9.17) is 8.85 Å². The Morgan fingerprint density at radius 3 is 1.98 bits per heavy atom. The van der Waals surface area contributed by atoms with E-state index in [0.717, 1.165) is 35.5 Å². The van der Waals surface area contributed by atoms with Crippen LogP contribution in [0.1, 0.15) is 140 Å². The average Bonchev–Trinajstić information content (AvgIpc) is 3.30. The average molecular weight is 631 g/mol. The van der Waals surface area contributed by atoms with Gasteiger partial charge in [-0.2, -0.15) is 0 Å². The lowest BCUT2D eigenvalue weighted by Crippen LogP contribution is -2.52. The van der Waals surface area contributed by atoms with Crippen LogP contribution in [0, 0.1) is 46.3 Å². The van der Waals surface area contributed by atoms with Crippen LogP contribution in [0.2, 0.25) is 36.3 Å². The zero-order chi connectivity index (χ0) is 31.6. The van der Waals surface area contributed by atoms with Gasteiger partial charge in [-0.05, 0) is 128 Å². The van der Waals surface area contributed by atoms with Gasteiger partial charge in [-0.3, -0.25) is 0 Å². The summed E-state index contributed by atoms with van der Waals surface area (Å²) in [6.45, 7) is 27.3. The molecule has 4 rings (SSSR count). The zero-order valence-electron chi connectivity index (χ0n) is 30.8. The lowest BCUT2D eigenvalue weighted by atomic mass is 9.47. The summed E-state index contributed by atoms with van der Waals surface area (Å²) in [6, 6.07) is 7.67. The standard InChI is InChI=1S/C39H74O2Si2/c1-12-42(13-2,14-3)40-32-23-25-38(10)31(27-32)21-22-33-34(38)24-26-39(11)35(33)28-36(41-43(15-4,16-5)17-6)37(39)30(9)20-18-19-29(7)8/h21,29-30,32-37H,12-20,22-28H2,1-11H3/t30-,32+,33-,34+,35?,36+,37+,38+,39+/m1/s1. The van der Waals surface area contributed by atoms with Crippen LogP contribution in [0.3, 0.4) is 0 Å². The van der Waals surface area contributed by atoms with Gasteiger partial charge < -0.3 is 8.85 Å². The minimum Gasteiger partial charge on any atom is -0.414 e. The first kappa shape index (κ1) is 35.9. The van der Waals surface area contributed by atoms with Gasteiger partial charge in [-0.1, -0.05) is 107 Å². The Balaban J connectivity index is 1.59. The van der Waals surface area contributed by atoms with Crippen molar-refractivity contribution in [3.63, 3.8) is 0 Å². The van der Waals surface area contributed by atoms with Crippen LogP contribution in [0.15, 0.2) is 11.6 Å². The zero-order valence-corrected chi connectivity index (χ0v) is 32.8. The fourth-order valence-corrected chi connectivity index (χ4v) is 17.4. The molecule has 0 aromatic heterocycles. The molecule has 4 aliphatic carbocycles. The van der Waals surface area contributed by atoms with Gasteiger partial charge in [0.15, 0.2) is 16.6 Å². The quantitative estimate of drug-likeness (QED) is 0.132. The summed E-state index contributed by atoms with van der Waals surface area (Å²) < 4.78 is 14.7. The SMILES string of the molecule is CC[Si](CC)(CC)O[C@H]1CC[C@@]2(C)C(=CC[C@H]3C4C[C@H](O[Si](CC)(CC)CC)[C@H]([C@H](C)CCCC(C)C)[C@@]4(C)CC[C@@H]32)C1. The van der Waals surface area contributed by atoms with Crippen LogP contribution in [0.25, 0.3) is 0 Å². The molecule has 0 aromatic rings. The van der Waals surface area contributed by atoms with Crippen LogP contribution in [-0.2, 0) is 8.85 Å². The summed E-state index contributed by atoms with van der Waals surface area (Å²) in [6.07, 6.45) is 17.3. The second-order valence-electron chi connectivity index (χ2n) is 17.0. The van der Waals surface area contributed by atoms with E-state index in [1.807, 2.05) is 0 Å². The smallest absolute Gasteiger partial charge is 0.192 e. The minimum absolute atomic E-state index is 0.394. The van der Waals surface area contributed by atoms with Crippen molar-refractivity contribution in [2.75, 3.05) is 0 Å². The first-order chi connectivity index (χ1) is 20.4. The van der Waals surface area contributed by atoms with E-state index in [1.54, 1.807) is 5.57 Å². The maximum atomic E-state index is 7.58. The molecule has 0 radical (unpaired) electrons. The predicted octanol–water partition coefficient (Wildman–Crippen LogP) is 12.4. The third-order valence-electron chi connectivity index (χ3n) is 14.9. The van der Waals surface area contributed by atoms with Gasteiger partial charge in [0, 0.05) is 12.2 Å². The predicted molar refractivity (Wildman–Crippen MR) is 193 cm³/mol. The number of rotatable bonds is 15. The maximum Gasteiger partial charge on any atom is 0.192 e. The van der Waals surface area contributed by atoms with Crippen LogP contribution >= 0.6 is 0 Å². The molecule has 1 unspecified atom stereocenters. The molecule has 3 saturated carbocycles. The lowest BCUT2D eigenvalue weighted by Gasteiger charge is -2.58. The Bertz CT molecular complexity index is 906. The number of hydrogen-bond donors (Lipinski definition) is 0. The van der Waals surface area contributed by atoms with E-state index in [9.17, 15) is 0 Å². The monoisotopic (exact) mass is 631 g/mol. The fraction of sp³-hybridized carbons (Fsp3) is 0.949. The van der Waals surface area contributed by atoms with Gasteiger partial charge in [-0.15, -0.1) is 0 Å². The van der Waals surface area contributed by atoms with E-state index >= 15 is 0 Å². The maximum absolute atomic E-state index is 7.58. The highest BCUT2D eigenvalue weighted by molar-refractivity contribution is 6.74. The Morgan fingerprint density at radius 1 is 0.791 bits per heavy atom. The molecule has 43 heavy (non-hydrogen) atoms. The second kappa shape index (κ2) is 14.5. The minimum atomic E-state index is -1.66. The molecule has 3 fully saturated rings. The van der Waals surface area contributed by atoms with Crippen LogP contribution in [0.4, 0.5) is 0 Å². The van der Waals surface area contributed by atoms with Gasteiger partial charge in [0.25, 0.3) is 0 Å². The molecule has 0 N–H and O–H groups in total. The normalized spacial score (nSPS) is 37.1. The highest BCUT2D eigenvalue weighted by Crippen LogP contribution is 2.68.